The van der Waals surface area contributed by atoms with Crippen molar-refractivity contribution in [3.8, 4) is 0 Å². The lowest BCUT2D eigenvalue weighted by atomic mass is 10.1. The first-order chi connectivity index (χ1) is 13.3. The Morgan fingerprint density at radius 3 is 2.68 bits per heavy atom. The molecule has 0 N–H and O–H groups in total. The Kier molecular flexibility index (Phi) is 5.85. The van der Waals surface area contributed by atoms with Crippen molar-refractivity contribution in [3.63, 3.8) is 0 Å². The van der Waals surface area contributed by atoms with Gasteiger partial charge in [0.1, 0.15) is 6.54 Å². The van der Waals surface area contributed by atoms with Gasteiger partial charge >= 0.3 is 5.97 Å². The number of rotatable bonds is 5. The van der Waals surface area contributed by atoms with Crippen LogP contribution in [0, 0.1) is 0 Å². The summed E-state index contributed by atoms with van der Waals surface area (Å²) < 4.78 is 32.3. The zero-order valence-electron chi connectivity index (χ0n) is 15.0. The number of carbonyl (C=O) groups is 2. The van der Waals surface area contributed by atoms with Crippen molar-refractivity contribution in [2.75, 3.05) is 26.0 Å². The highest BCUT2D eigenvalue weighted by molar-refractivity contribution is 7.90. The lowest BCUT2D eigenvalue weighted by Crippen LogP contribution is -2.44. The molecular weight excluding hydrogens is 406 g/mol. The standard InChI is InChI=1S/C18H18ClN3O5S/c1-27-16(23)12-22(11-13-4-6-14(19)7-5-13)18(24)15-3-2-8-21-9-10-28(25,26)20-17(15)21/h2-8H,9-12H2,1H3. The van der Waals surface area contributed by atoms with Gasteiger partial charge in [-0.2, -0.15) is 0 Å². The van der Waals surface area contributed by atoms with Gasteiger partial charge in [0.2, 0.25) is 0 Å². The van der Waals surface area contributed by atoms with Crippen molar-refractivity contribution in [3.05, 3.63) is 58.8 Å². The van der Waals surface area contributed by atoms with Gasteiger partial charge in [0.25, 0.3) is 15.9 Å². The van der Waals surface area contributed by atoms with Crippen molar-refractivity contribution in [2.24, 2.45) is 4.40 Å². The number of sulfonamides is 1. The number of carbonyl (C=O) groups excluding carboxylic acids is 2. The summed E-state index contributed by atoms with van der Waals surface area (Å²) in [4.78, 5) is 27.9. The van der Waals surface area contributed by atoms with Crippen LogP contribution < -0.4 is 0 Å². The average Bonchev–Trinajstić information content (AvgIpc) is 2.67. The van der Waals surface area contributed by atoms with Crippen LogP contribution in [0.1, 0.15) is 5.56 Å². The van der Waals surface area contributed by atoms with Crippen molar-refractivity contribution < 1.29 is 22.7 Å². The molecule has 28 heavy (non-hydrogen) atoms. The smallest absolute Gasteiger partial charge is 0.325 e. The molecule has 0 atom stereocenters. The zero-order valence-corrected chi connectivity index (χ0v) is 16.6. The minimum absolute atomic E-state index is 0.0599. The largest absolute Gasteiger partial charge is 0.468 e. The van der Waals surface area contributed by atoms with Crippen molar-refractivity contribution >= 4 is 39.3 Å². The first kappa shape index (κ1) is 20.1. The van der Waals surface area contributed by atoms with Crippen LogP contribution in [0.15, 0.2) is 52.6 Å². The van der Waals surface area contributed by atoms with E-state index < -0.39 is 21.9 Å². The average molecular weight is 424 g/mol. The van der Waals surface area contributed by atoms with Gasteiger partial charge in [-0.15, -0.1) is 4.40 Å². The Labute approximate surface area is 167 Å². The normalized spacial score (nSPS) is 17.3. The molecule has 0 fully saturated rings. The molecule has 10 heteroatoms. The molecule has 0 bridgehead atoms. The molecule has 1 aromatic rings. The topological polar surface area (TPSA) is 96.4 Å². The van der Waals surface area contributed by atoms with Gasteiger partial charge in [0, 0.05) is 24.3 Å². The maximum Gasteiger partial charge on any atom is 0.325 e. The highest BCUT2D eigenvalue weighted by Crippen LogP contribution is 2.21. The fourth-order valence-corrected chi connectivity index (χ4v) is 3.89. The molecule has 0 aromatic heterocycles. The highest BCUT2D eigenvalue weighted by Gasteiger charge is 2.32. The number of allylic oxidation sites excluding steroid dienone is 2. The molecule has 0 aliphatic carbocycles. The maximum absolute atomic E-state index is 13.2. The molecule has 3 rings (SSSR count). The van der Waals surface area contributed by atoms with Crippen molar-refractivity contribution in [1.29, 1.82) is 0 Å². The van der Waals surface area contributed by atoms with E-state index in [4.69, 9.17) is 16.3 Å². The molecule has 1 aromatic carbocycles. The Morgan fingerprint density at radius 1 is 1.29 bits per heavy atom. The molecule has 0 saturated heterocycles. The zero-order chi connectivity index (χ0) is 20.3. The highest BCUT2D eigenvalue weighted by atomic mass is 35.5. The maximum atomic E-state index is 13.2. The number of esters is 1. The monoisotopic (exact) mass is 423 g/mol. The van der Waals surface area contributed by atoms with Crippen LogP contribution in [-0.4, -0.2) is 61.9 Å². The minimum atomic E-state index is -3.64. The summed E-state index contributed by atoms with van der Waals surface area (Å²) in [6.45, 7) is 0.0295. The van der Waals surface area contributed by atoms with Gasteiger partial charge in [0.15, 0.2) is 5.84 Å². The minimum Gasteiger partial charge on any atom is -0.468 e. The molecule has 0 spiro atoms. The van der Waals surface area contributed by atoms with Gasteiger partial charge in [-0.05, 0) is 29.8 Å². The fraction of sp³-hybridized carbons (Fsp3) is 0.278. The van der Waals surface area contributed by atoms with E-state index in [-0.39, 0.29) is 36.8 Å². The molecule has 148 valence electrons. The van der Waals surface area contributed by atoms with Crippen LogP contribution in [0.2, 0.25) is 5.02 Å². The third-order valence-electron chi connectivity index (χ3n) is 4.21. The molecule has 1 amide bonds. The van der Waals surface area contributed by atoms with Crippen LogP contribution in [0.5, 0.6) is 0 Å². The second-order valence-electron chi connectivity index (χ2n) is 6.18. The quantitative estimate of drug-likeness (QED) is 0.663. The van der Waals surface area contributed by atoms with E-state index in [9.17, 15) is 18.0 Å². The molecule has 8 nitrogen and oxygen atoms in total. The summed E-state index contributed by atoms with van der Waals surface area (Å²) >= 11 is 5.89. The first-order valence-electron chi connectivity index (χ1n) is 8.38. The molecule has 2 aliphatic heterocycles. The number of methoxy groups -OCH3 is 1. The molecular formula is C18H18ClN3O5S. The van der Waals surface area contributed by atoms with Gasteiger partial charge in [-0.25, -0.2) is 8.42 Å². The van der Waals surface area contributed by atoms with E-state index in [0.29, 0.717) is 5.02 Å². The summed E-state index contributed by atoms with van der Waals surface area (Å²) in [5.41, 5.74) is 0.854. The van der Waals surface area contributed by atoms with E-state index >= 15 is 0 Å². The Morgan fingerprint density at radius 2 is 2.00 bits per heavy atom. The number of fused-ring (bicyclic) bond motifs is 1. The van der Waals surface area contributed by atoms with Gasteiger partial charge in [-0.3, -0.25) is 9.59 Å². The molecule has 0 saturated carbocycles. The lowest BCUT2D eigenvalue weighted by Gasteiger charge is -2.31. The molecule has 0 radical (unpaired) electrons. The van der Waals surface area contributed by atoms with E-state index in [1.165, 1.54) is 18.1 Å². The number of hydrogen-bond acceptors (Lipinski definition) is 6. The van der Waals surface area contributed by atoms with Gasteiger partial charge in [-0.1, -0.05) is 23.7 Å². The van der Waals surface area contributed by atoms with E-state index in [1.54, 1.807) is 41.4 Å². The Balaban J connectivity index is 1.92. The van der Waals surface area contributed by atoms with Crippen LogP contribution >= 0.6 is 11.6 Å². The van der Waals surface area contributed by atoms with E-state index in [2.05, 4.69) is 4.40 Å². The number of amidine groups is 1. The van der Waals surface area contributed by atoms with Crippen LogP contribution in [0.4, 0.5) is 0 Å². The SMILES string of the molecule is COC(=O)CN(Cc1ccc(Cl)cc1)C(=O)C1=CC=CN2CCS(=O)(=O)N=C12. The first-order valence-corrected chi connectivity index (χ1v) is 10.4. The van der Waals surface area contributed by atoms with Gasteiger partial charge in [0.05, 0.1) is 18.4 Å². The van der Waals surface area contributed by atoms with E-state index in [1.807, 2.05) is 0 Å². The molecule has 0 unspecified atom stereocenters. The number of nitrogens with zero attached hydrogens (tertiary/aromatic N) is 3. The van der Waals surface area contributed by atoms with Crippen LogP contribution in [0.25, 0.3) is 0 Å². The summed E-state index contributed by atoms with van der Waals surface area (Å²) in [6.07, 6.45) is 4.79. The number of halogens is 1. The number of benzene rings is 1. The van der Waals surface area contributed by atoms with Crippen LogP contribution in [-0.2, 0) is 30.9 Å². The van der Waals surface area contributed by atoms with E-state index in [0.717, 1.165) is 5.56 Å². The second kappa shape index (κ2) is 8.15. The number of hydrogen-bond donors (Lipinski definition) is 0. The Hall–Kier alpha value is -2.65. The predicted molar refractivity (Wildman–Crippen MR) is 104 cm³/mol. The predicted octanol–water partition coefficient (Wildman–Crippen LogP) is 1.34. The third kappa shape index (κ3) is 4.60. The van der Waals surface area contributed by atoms with Gasteiger partial charge < -0.3 is 14.5 Å². The lowest BCUT2D eigenvalue weighted by molar-refractivity contribution is -0.146. The summed E-state index contributed by atoms with van der Waals surface area (Å²) in [5.74, 6) is -1.18. The Bertz CT molecular complexity index is 983. The number of amides is 1. The van der Waals surface area contributed by atoms with Crippen molar-refractivity contribution in [1.82, 2.24) is 9.80 Å². The summed E-state index contributed by atoms with van der Waals surface area (Å²) in [5, 5.41) is 0.548. The third-order valence-corrected chi connectivity index (χ3v) is 5.61. The summed E-state index contributed by atoms with van der Waals surface area (Å²) in [7, 11) is -2.41. The molecule has 2 aliphatic rings. The second-order valence-corrected chi connectivity index (χ2v) is 8.37. The van der Waals surface area contributed by atoms with Crippen LogP contribution in [0.3, 0.4) is 0 Å². The summed E-state index contributed by atoms with van der Waals surface area (Å²) in [6, 6.07) is 6.84. The van der Waals surface area contributed by atoms with Crippen molar-refractivity contribution in [2.45, 2.75) is 6.54 Å². The molecule has 2 heterocycles. The number of ether oxygens (including phenoxy) is 1. The fourth-order valence-electron chi connectivity index (χ4n) is 2.78.